The Balaban J connectivity index is 1.19. The standard InChI is InChI=1S/C32H33N3O2/c36-31(34-26-11-5-4-10-24(26)32(37)35-16-6-7-17-35)23-14-15-27-25(19-23)28-21-12-13-22(18-21)29(28)30(33-27)20-8-2-1-3-9-20/h1-5,8-11,14-15,19,21-22,28-30,33H,6-7,12-13,16-18H2,(H,34,36)/t21-,22-,28-,29-,30+/m0/s1. The molecule has 2 aliphatic heterocycles. The molecule has 188 valence electrons. The van der Waals surface area contributed by atoms with Crippen LogP contribution in [0.5, 0.6) is 0 Å². The van der Waals surface area contributed by atoms with Crippen molar-refractivity contribution in [1.82, 2.24) is 4.90 Å². The Labute approximate surface area is 218 Å². The van der Waals surface area contributed by atoms with Gasteiger partial charge in [-0.05, 0) is 97.2 Å². The normalized spacial score (nSPS) is 27.4. The van der Waals surface area contributed by atoms with Gasteiger partial charge in [0.05, 0.1) is 17.3 Å². The van der Waals surface area contributed by atoms with Crippen LogP contribution in [-0.2, 0) is 0 Å². The monoisotopic (exact) mass is 491 g/mol. The second-order valence-electron chi connectivity index (χ2n) is 11.3. The summed E-state index contributed by atoms with van der Waals surface area (Å²) in [5.74, 6) is 2.32. The molecule has 0 unspecified atom stereocenters. The number of amides is 2. The van der Waals surface area contributed by atoms with E-state index in [0.29, 0.717) is 40.6 Å². The highest BCUT2D eigenvalue weighted by Crippen LogP contribution is 2.63. The number of hydrogen-bond acceptors (Lipinski definition) is 3. The first-order valence-corrected chi connectivity index (χ1v) is 13.8. The van der Waals surface area contributed by atoms with Crippen molar-refractivity contribution in [2.75, 3.05) is 23.7 Å². The lowest BCUT2D eigenvalue weighted by molar-refractivity contribution is 0.0794. The van der Waals surface area contributed by atoms with Crippen molar-refractivity contribution in [2.45, 2.75) is 44.1 Å². The molecule has 7 rings (SSSR count). The van der Waals surface area contributed by atoms with Gasteiger partial charge in [0.1, 0.15) is 0 Å². The van der Waals surface area contributed by atoms with Gasteiger partial charge in [0.25, 0.3) is 11.8 Å². The van der Waals surface area contributed by atoms with Crippen LogP contribution in [0.2, 0.25) is 0 Å². The number of carbonyl (C=O) groups is 2. The first-order valence-electron chi connectivity index (χ1n) is 13.8. The minimum Gasteiger partial charge on any atom is -0.378 e. The summed E-state index contributed by atoms with van der Waals surface area (Å²) in [6, 6.07) is 24.7. The van der Waals surface area contributed by atoms with Crippen LogP contribution in [0.25, 0.3) is 0 Å². The Bertz CT molecular complexity index is 1350. The molecule has 5 atom stereocenters. The van der Waals surface area contributed by atoms with Crippen molar-refractivity contribution in [3.05, 3.63) is 95.1 Å². The molecule has 5 heteroatoms. The summed E-state index contributed by atoms with van der Waals surface area (Å²) in [4.78, 5) is 28.4. The van der Waals surface area contributed by atoms with Crippen LogP contribution < -0.4 is 10.6 Å². The molecule has 2 amide bonds. The molecule has 5 nitrogen and oxygen atoms in total. The third-order valence-corrected chi connectivity index (χ3v) is 9.31. The molecule has 0 radical (unpaired) electrons. The van der Waals surface area contributed by atoms with E-state index in [4.69, 9.17) is 0 Å². The van der Waals surface area contributed by atoms with Gasteiger partial charge in [-0.1, -0.05) is 42.5 Å². The van der Waals surface area contributed by atoms with Crippen molar-refractivity contribution in [2.24, 2.45) is 17.8 Å². The molecule has 2 saturated carbocycles. The Hall–Kier alpha value is -3.60. The highest BCUT2D eigenvalue weighted by Gasteiger charge is 2.53. The van der Waals surface area contributed by atoms with Gasteiger partial charge in [0.15, 0.2) is 0 Å². The number of nitrogens with one attached hydrogen (secondary N) is 2. The van der Waals surface area contributed by atoms with Gasteiger partial charge in [-0.3, -0.25) is 9.59 Å². The lowest BCUT2D eigenvalue weighted by Crippen LogP contribution is -2.35. The SMILES string of the molecule is O=C(Nc1ccccc1C(=O)N1CCCC1)c1ccc2c(c1)[C@@H]1[C@H]3CC[C@@H](C3)[C@@H]1[C@@H](c1ccccc1)N2. The number of anilines is 2. The Morgan fingerprint density at radius 2 is 1.62 bits per heavy atom. The topological polar surface area (TPSA) is 61.4 Å². The number of hydrogen-bond donors (Lipinski definition) is 2. The lowest BCUT2D eigenvalue weighted by atomic mass is 9.68. The maximum atomic E-state index is 13.5. The van der Waals surface area contributed by atoms with Gasteiger partial charge in [0, 0.05) is 24.3 Å². The Kier molecular flexibility index (Phi) is 5.53. The molecule has 37 heavy (non-hydrogen) atoms. The van der Waals surface area contributed by atoms with Crippen molar-refractivity contribution in [1.29, 1.82) is 0 Å². The van der Waals surface area contributed by atoms with Crippen LogP contribution in [0.3, 0.4) is 0 Å². The van der Waals surface area contributed by atoms with Crippen LogP contribution in [0.4, 0.5) is 11.4 Å². The molecule has 1 saturated heterocycles. The minimum atomic E-state index is -0.158. The first-order chi connectivity index (χ1) is 18.2. The number of rotatable bonds is 4. The highest BCUT2D eigenvalue weighted by molar-refractivity contribution is 6.09. The number of para-hydroxylation sites is 1. The summed E-state index contributed by atoms with van der Waals surface area (Å²) in [6.07, 6.45) is 5.97. The molecular formula is C32H33N3O2. The molecule has 4 aliphatic rings. The van der Waals surface area contributed by atoms with Crippen molar-refractivity contribution < 1.29 is 9.59 Å². The van der Waals surface area contributed by atoms with Gasteiger partial charge < -0.3 is 15.5 Å². The zero-order valence-corrected chi connectivity index (χ0v) is 21.0. The highest BCUT2D eigenvalue weighted by atomic mass is 16.2. The van der Waals surface area contributed by atoms with Crippen LogP contribution in [-0.4, -0.2) is 29.8 Å². The van der Waals surface area contributed by atoms with Crippen LogP contribution in [0.1, 0.15) is 75.9 Å². The van der Waals surface area contributed by atoms with E-state index in [-0.39, 0.29) is 11.8 Å². The molecule has 2 heterocycles. The molecule has 2 N–H and O–H groups in total. The lowest BCUT2D eigenvalue weighted by Gasteiger charge is -2.43. The number of fused-ring (bicyclic) bond motifs is 7. The smallest absolute Gasteiger partial charge is 0.255 e. The molecular weight excluding hydrogens is 458 g/mol. The molecule has 0 spiro atoms. The third kappa shape index (κ3) is 3.83. The maximum Gasteiger partial charge on any atom is 0.255 e. The van der Waals surface area contributed by atoms with Gasteiger partial charge in [0.2, 0.25) is 0 Å². The van der Waals surface area contributed by atoms with E-state index in [2.05, 4.69) is 53.1 Å². The van der Waals surface area contributed by atoms with E-state index < -0.39 is 0 Å². The predicted molar refractivity (Wildman–Crippen MR) is 146 cm³/mol. The van der Waals surface area contributed by atoms with Gasteiger partial charge >= 0.3 is 0 Å². The number of likely N-dealkylation sites (tertiary alicyclic amines) is 1. The van der Waals surface area contributed by atoms with E-state index >= 15 is 0 Å². The zero-order valence-electron chi connectivity index (χ0n) is 21.0. The van der Waals surface area contributed by atoms with Crippen molar-refractivity contribution in [3.8, 4) is 0 Å². The van der Waals surface area contributed by atoms with Crippen molar-refractivity contribution >= 4 is 23.2 Å². The molecule has 2 aliphatic carbocycles. The third-order valence-electron chi connectivity index (χ3n) is 9.31. The molecule has 3 fully saturated rings. The number of carbonyl (C=O) groups excluding carboxylic acids is 2. The molecule has 2 bridgehead atoms. The average Bonchev–Trinajstić information content (AvgIpc) is 3.72. The number of benzene rings is 3. The summed E-state index contributed by atoms with van der Waals surface area (Å²) < 4.78 is 0. The zero-order chi connectivity index (χ0) is 24.9. The second-order valence-corrected chi connectivity index (χ2v) is 11.3. The quantitative estimate of drug-likeness (QED) is 0.440. The first kappa shape index (κ1) is 22.6. The minimum absolute atomic E-state index is 0.000169. The predicted octanol–water partition coefficient (Wildman–Crippen LogP) is 6.47. The van der Waals surface area contributed by atoms with Crippen LogP contribution >= 0.6 is 0 Å². The average molecular weight is 492 g/mol. The van der Waals surface area contributed by atoms with Crippen molar-refractivity contribution in [3.63, 3.8) is 0 Å². The summed E-state index contributed by atoms with van der Waals surface area (Å²) in [5, 5.41) is 6.92. The largest absolute Gasteiger partial charge is 0.378 e. The Morgan fingerprint density at radius 1 is 0.865 bits per heavy atom. The van der Waals surface area contributed by atoms with E-state index in [9.17, 15) is 9.59 Å². The maximum absolute atomic E-state index is 13.5. The molecule has 0 aromatic heterocycles. The van der Waals surface area contributed by atoms with E-state index in [1.165, 1.54) is 30.4 Å². The summed E-state index contributed by atoms with van der Waals surface area (Å²) >= 11 is 0. The fourth-order valence-electron chi connectivity index (χ4n) is 7.68. The fraction of sp³-hybridized carbons (Fsp3) is 0.375. The number of nitrogens with zero attached hydrogens (tertiary/aromatic N) is 1. The summed E-state index contributed by atoms with van der Waals surface area (Å²) in [5.41, 5.74) is 5.61. The molecule has 3 aromatic carbocycles. The van der Waals surface area contributed by atoms with Gasteiger partial charge in [-0.15, -0.1) is 0 Å². The van der Waals surface area contributed by atoms with Gasteiger partial charge in [-0.25, -0.2) is 0 Å². The van der Waals surface area contributed by atoms with E-state index in [1.807, 2.05) is 35.2 Å². The fourth-order valence-corrected chi connectivity index (χ4v) is 7.68. The van der Waals surface area contributed by atoms with E-state index in [1.54, 1.807) is 0 Å². The second kappa shape index (κ2) is 9.05. The van der Waals surface area contributed by atoms with E-state index in [0.717, 1.165) is 37.5 Å². The van der Waals surface area contributed by atoms with Crippen LogP contribution in [0, 0.1) is 17.8 Å². The van der Waals surface area contributed by atoms with Gasteiger partial charge in [-0.2, -0.15) is 0 Å². The summed E-state index contributed by atoms with van der Waals surface area (Å²) in [6.45, 7) is 1.57. The van der Waals surface area contributed by atoms with Crippen LogP contribution in [0.15, 0.2) is 72.8 Å². The molecule has 3 aromatic rings. The Morgan fingerprint density at radius 3 is 2.46 bits per heavy atom. The summed E-state index contributed by atoms with van der Waals surface area (Å²) in [7, 11) is 0.